The number of ether oxygens (including phenoxy) is 2. The van der Waals surface area contributed by atoms with Crippen LogP contribution in [-0.2, 0) is 22.6 Å². The number of nitrogens with zero attached hydrogens (tertiary/aromatic N) is 2. The Morgan fingerprint density at radius 1 is 1.29 bits per heavy atom. The maximum Gasteiger partial charge on any atom is 0.123 e. The average molecular weight is 291 g/mol. The second-order valence-corrected chi connectivity index (χ2v) is 5.11. The summed E-state index contributed by atoms with van der Waals surface area (Å²) in [6.45, 7) is 5.25. The first-order valence-electron chi connectivity index (χ1n) is 7.46. The van der Waals surface area contributed by atoms with Crippen LogP contribution in [0.25, 0.3) is 11.0 Å². The maximum absolute atomic E-state index is 5.35. The van der Waals surface area contributed by atoms with Gasteiger partial charge < -0.3 is 19.4 Å². The number of nitrogens with one attached hydrogen (secondary N) is 1. The molecule has 0 radical (unpaired) electrons. The van der Waals surface area contributed by atoms with E-state index in [4.69, 9.17) is 14.5 Å². The van der Waals surface area contributed by atoms with E-state index in [-0.39, 0.29) is 6.10 Å². The Morgan fingerprint density at radius 2 is 2.10 bits per heavy atom. The number of rotatable bonds is 9. The van der Waals surface area contributed by atoms with E-state index in [1.54, 1.807) is 14.2 Å². The van der Waals surface area contributed by atoms with Crippen molar-refractivity contribution >= 4 is 11.0 Å². The minimum absolute atomic E-state index is 0.0685. The Balaban J connectivity index is 2.05. The number of methoxy groups -OCH3 is 2. The van der Waals surface area contributed by atoms with Gasteiger partial charge in [0.1, 0.15) is 5.82 Å². The number of aromatic nitrogens is 2. The lowest BCUT2D eigenvalue weighted by Gasteiger charge is -2.15. The Labute approximate surface area is 126 Å². The molecule has 1 N–H and O–H groups in total. The zero-order valence-corrected chi connectivity index (χ0v) is 13.1. The van der Waals surface area contributed by atoms with Crippen molar-refractivity contribution in [2.45, 2.75) is 32.5 Å². The van der Waals surface area contributed by atoms with Gasteiger partial charge in [-0.3, -0.25) is 0 Å². The zero-order valence-electron chi connectivity index (χ0n) is 13.1. The first-order chi connectivity index (χ1) is 10.3. The van der Waals surface area contributed by atoms with Crippen LogP contribution in [0, 0.1) is 0 Å². The maximum atomic E-state index is 5.35. The number of hydrogen-bond donors (Lipinski definition) is 1. The monoisotopic (exact) mass is 291 g/mol. The molecule has 21 heavy (non-hydrogen) atoms. The van der Waals surface area contributed by atoms with Crippen molar-refractivity contribution in [3.63, 3.8) is 0 Å². The minimum atomic E-state index is 0.0685. The average Bonchev–Trinajstić information content (AvgIpc) is 2.85. The molecule has 0 fully saturated rings. The fourth-order valence-electron chi connectivity index (χ4n) is 2.47. The van der Waals surface area contributed by atoms with E-state index in [0.29, 0.717) is 6.61 Å². The van der Waals surface area contributed by atoms with Crippen LogP contribution in [0.4, 0.5) is 0 Å². The summed E-state index contributed by atoms with van der Waals surface area (Å²) in [5.41, 5.74) is 2.26. The van der Waals surface area contributed by atoms with Crippen molar-refractivity contribution in [2.24, 2.45) is 0 Å². The summed E-state index contributed by atoms with van der Waals surface area (Å²) in [6, 6.07) is 8.29. The largest absolute Gasteiger partial charge is 0.382 e. The van der Waals surface area contributed by atoms with Crippen molar-refractivity contribution in [1.29, 1.82) is 0 Å². The Bertz CT molecular complexity index is 553. The summed E-state index contributed by atoms with van der Waals surface area (Å²) in [7, 11) is 3.39. The molecular weight excluding hydrogens is 266 g/mol. The van der Waals surface area contributed by atoms with Gasteiger partial charge in [0.15, 0.2) is 0 Å². The lowest BCUT2D eigenvalue weighted by Crippen LogP contribution is -2.32. The van der Waals surface area contributed by atoms with Gasteiger partial charge in [-0.25, -0.2) is 4.98 Å². The van der Waals surface area contributed by atoms with Gasteiger partial charge in [-0.2, -0.15) is 0 Å². The van der Waals surface area contributed by atoms with Crippen LogP contribution in [0.2, 0.25) is 0 Å². The van der Waals surface area contributed by atoms with Crippen molar-refractivity contribution in [1.82, 2.24) is 14.9 Å². The summed E-state index contributed by atoms with van der Waals surface area (Å²) in [6.07, 6.45) is 1.16. The van der Waals surface area contributed by atoms with Crippen LogP contribution >= 0.6 is 0 Å². The molecule has 116 valence electrons. The molecule has 1 heterocycles. The molecule has 0 saturated heterocycles. The van der Waals surface area contributed by atoms with Gasteiger partial charge in [0.25, 0.3) is 0 Å². The first-order valence-corrected chi connectivity index (χ1v) is 7.46. The van der Waals surface area contributed by atoms with Crippen LogP contribution in [-0.4, -0.2) is 43.0 Å². The molecule has 0 aliphatic carbocycles. The van der Waals surface area contributed by atoms with Crippen molar-refractivity contribution in [3.05, 3.63) is 30.1 Å². The quantitative estimate of drug-likeness (QED) is 0.769. The molecule has 0 aliphatic rings. The van der Waals surface area contributed by atoms with E-state index in [0.717, 1.165) is 37.4 Å². The van der Waals surface area contributed by atoms with Crippen molar-refractivity contribution in [2.75, 3.05) is 27.4 Å². The van der Waals surface area contributed by atoms with Gasteiger partial charge in [0.05, 0.1) is 30.3 Å². The molecule has 2 rings (SSSR count). The summed E-state index contributed by atoms with van der Waals surface area (Å²) < 4.78 is 12.8. The van der Waals surface area contributed by atoms with E-state index < -0.39 is 0 Å². The van der Waals surface area contributed by atoms with Gasteiger partial charge in [-0.05, 0) is 18.6 Å². The lowest BCUT2D eigenvalue weighted by molar-refractivity contribution is 0.0286. The number of imidazole rings is 1. The van der Waals surface area contributed by atoms with Gasteiger partial charge in [-0.15, -0.1) is 0 Å². The predicted octanol–water partition coefficient (Wildman–Crippen LogP) is 2.20. The summed E-state index contributed by atoms with van der Waals surface area (Å²) in [4.78, 5) is 4.73. The highest BCUT2D eigenvalue weighted by molar-refractivity contribution is 5.75. The molecule has 0 saturated carbocycles. The lowest BCUT2D eigenvalue weighted by atomic mass is 10.3. The predicted molar refractivity (Wildman–Crippen MR) is 84.4 cm³/mol. The number of benzene rings is 1. The Morgan fingerprint density at radius 3 is 2.81 bits per heavy atom. The third-order valence-corrected chi connectivity index (χ3v) is 3.52. The second-order valence-electron chi connectivity index (χ2n) is 5.11. The number of aryl methyl sites for hydroxylation is 1. The van der Waals surface area contributed by atoms with E-state index >= 15 is 0 Å². The van der Waals surface area contributed by atoms with Crippen LogP contribution < -0.4 is 5.32 Å². The molecule has 1 unspecified atom stereocenters. The number of hydrogen-bond acceptors (Lipinski definition) is 4. The molecular formula is C16H25N3O2. The smallest absolute Gasteiger partial charge is 0.123 e. The Kier molecular flexibility index (Phi) is 6.17. The molecule has 1 atom stereocenters. The van der Waals surface area contributed by atoms with Crippen LogP contribution in [0.15, 0.2) is 24.3 Å². The molecule has 5 heteroatoms. The summed E-state index contributed by atoms with van der Waals surface area (Å²) in [5.74, 6) is 1.07. The van der Waals surface area contributed by atoms with Gasteiger partial charge >= 0.3 is 0 Å². The van der Waals surface area contributed by atoms with Crippen molar-refractivity contribution in [3.8, 4) is 0 Å². The molecule has 0 bridgehead atoms. The van der Waals surface area contributed by atoms with Crippen LogP contribution in [0.3, 0.4) is 0 Å². The van der Waals surface area contributed by atoms with Crippen LogP contribution in [0.1, 0.15) is 19.2 Å². The summed E-state index contributed by atoms with van der Waals surface area (Å²) >= 11 is 0. The van der Waals surface area contributed by atoms with Gasteiger partial charge in [-0.1, -0.05) is 19.1 Å². The first kappa shape index (κ1) is 15.9. The van der Waals surface area contributed by atoms with E-state index in [9.17, 15) is 0 Å². The standard InChI is InChI=1S/C16H25N3O2/c1-4-9-19-15-8-6-5-7-14(15)18-16(19)11-17-10-13(21-3)12-20-2/h5-8,13,17H,4,9-12H2,1-3H3. The highest BCUT2D eigenvalue weighted by Gasteiger charge is 2.11. The Hall–Kier alpha value is -1.43. The van der Waals surface area contributed by atoms with E-state index in [1.807, 2.05) is 6.07 Å². The van der Waals surface area contributed by atoms with Crippen molar-refractivity contribution < 1.29 is 9.47 Å². The molecule has 0 spiro atoms. The highest BCUT2D eigenvalue weighted by atomic mass is 16.5. The molecule has 1 aromatic heterocycles. The third-order valence-electron chi connectivity index (χ3n) is 3.52. The van der Waals surface area contributed by atoms with Crippen LogP contribution in [0.5, 0.6) is 0 Å². The molecule has 2 aromatic rings. The fourth-order valence-corrected chi connectivity index (χ4v) is 2.47. The molecule has 0 aliphatic heterocycles. The molecule has 5 nitrogen and oxygen atoms in total. The zero-order chi connectivity index (χ0) is 15.1. The minimum Gasteiger partial charge on any atom is -0.382 e. The SMILES string of the molecule is CCCn1c(CNCC(COC)OC)nc2ccccc21. The van der Waals surface area contributed by atoms with E-state index in [2.05, 4.69) is 35.0 Å². The van der Waals surface area contributed by atoms with Gasteiger partial charge in [0.2, 0.25) is 0 Å². The topological polar surface area (TPSA) is 48.3 Å². The molecule has 1 aromatic carbocycles. The van der Waals surface area contributed by atoms with E-state index in [1.165, 1.54) is 5.52 Å². The third kappa shape index (κ3) is 4.03. The highest BCUT2D eigenvalue weighted by Crippen LogP contribution is 2.16. The normalized spacial score (nSPS) is 12.9. The number of para-hydroxylation sites is 2. The van der Waals surface area contributed by atoms with Gasteiger partial charge in [0, 0.05) is 27.3 Å². The number of fused-ring (bicyclic) bond motifs is 1. The summed E-state index contributed by atoms with van der Waals surface area (Å²) in [5, 5.41) is 3.41. The fraction of sp³-hybridized carbons (Fsp3) is 0.562. The second kappa shape index (κ2) is 8.12. The molecule has 0 amide bonds.